The fourth-order valence-electron chi connectivity index (χ4n) is 1.00. The highest BCUT2D eigenvalue weighted by Crippen LogP contribution is 2.14. The second-order valence-electron chi connectivity index (χ2n) is 3.38. The minimum Gasteiger partial charge on any atom is -0.302 e. The van der Waals surface area contributed by atoms with E-state index in [9.17, 15) is 0 Å². The molecule has 0 aliphatic heterocycles. The molecule has 0 spiro atoms. The van der Waals surface area contributed by atoms with Gasteiger partial charge in [-0.3, -0.25) is 0 Å². The number of nitrogens with zero attached hydrogens (tertiary/aromatic N) is 3. The summed E-state index contributed by atoms with van der Waals surface area (Å²) in [6.07, 6.45) is 0. The molecule has 0 amide bonds. The lowest BCUT2D eigenvalue weighted by Crippen LogP contribution is -2.14. The van der Waals surface area contributed by atoms with Crippen molar-refractivity contribution in [3.63, 3.8) is 0 Å². The quantitative estimate of drug-likeness (QED) is 0.681. The van der Waals surface area contributed by atoms with Crippen LogP contribution >= 0.6 is 11.6 Å². The van der Waals surface area contributed by atoms with E-state index in [0.717, 1.165) is 23.6 Å². The Labute approximate surface area is 83.8 Å². The number of hydrogen-bond donors (Lipinski definition) is 0. The number of aryl methyl sites for hydroxylation is 1. The van der Waals surface area contributed by atoms with Crippen LogP contribution in [0.25, 0.3) is 0 Å². The second kappa shape index (κ2) is 4.03. The molecule has 0 fully saturated rings. The van der Waals surface area contributed by atoms with Crippen molar-refractivity contribution < 1.29 is 0 Å². The van der Waals surface area contributed by atoms with E-state index in [-0.39, 0.29) is 0 Å². The second-order valence-corrected chi connectivity index (χ2v) is 3.74. The minimum atomic E-state index is 0.560. The van der Waals surface area contributed by atoms with E-state index in [1.807, 2.05) is 32.8 Å². The van der Waals surface area contributed by atoms with Crippen LogP contribution in [0.5, 0.6) is 0 Å². The van der Waals surface area contributed by atoms with Crippen molar-refractivity contribution in [3.8, 4) is 0 Å². The van der Waals surface area contributed by atoms with Crippen molar-refractivity contribution in [1.29, 1.82) is 0 Å². The molecule has 0 unspecified atom stereocenters. The van der Waals surface area contributed by atoms with Gasteiger partial charge in [0.25, 0.3) is 0 Å². The highest BCUT2D eigenvalue weighted by Gasteiger charge is 2.05. The first kappa shape index (κ1) is 10.4. The fraction of sp³-hybridized carbons (Fsp3) is 0.556. The summed E-state index contributed by atoms with van der Waals surface area (Å²) in [4.78, 5) is 10.5. The van der Waals surface area contributed by atoms with Crippen molar-refractivity contribution in [2.45, 2.75) is 20.4 Å². The molecule has 3 nitrogen and oxygen atoms in total. The molecule has 0 saturated carbocycles. The summed E-state index contributed by atoms with van der Waals surface area (Å²) in [6, 6.07) is 0. The molecule has 13 heavy (non-hydrogen) atoms. The van der Waals surface area contributed by atoms with Gasteiger partial charge in [-0.2, -0.15) is 0 Å². The number of rotatable bonds is 2. The molecule has 0 radical (unpaired) electrons. The van der Waals surface area contributed by atoms with E-state index in [4.69, 9.17) is 11.6 Å². The zero-order valence-electron chi connectivity index (χ0n) is 8.43. The molecule has 4 heteroatoms. The molecule has 1 aromatic heterocycles. The maximum absolute atomic E-state index is 5.93. The summed E-state index contributed by atoms with van der Waals surface area (Å²) in [5.74, 6) is 0.776. The van der Waals surface area contributed by atoms with Gasteiger partial charge in [0.15, 0.2) is 0 Å². The summed E-state index contributed by atoms with van der Waals surface area (Å²) < 4.78 is 0. The SMILES string of the molecule is Cc1nc(CN(C)C)nc(Cl)c1C. The minimum absolute atomic E-state index is 0.560. The first-order chi connectivity index (χ1) is 6.00. The molecule has 0 aromatic carbocycles. The lowest BCUT2D eigenvalue weighted by Gasteiger charge is -2.10. The summed E-state index contributed by atoms with van der Waals surface area (Å²) in [5, 5.41) is 0.560. The normalized spacial score (nSPS) is 10.9. The van der Waals surface area contributed by atoms with Crippen molar-refractivity contribution in [2.24, 2.45) is 0 Å². The molecule has 0 bridgehead atoms. The van der Waals surface area contributed by atoms with Crippen molar-refractivity contribution in [2.75, 3.05) is 14.1 Å². The average molecular weight is 200 g/mol. The van der Waals surface area contributed by atoms with Gasteiger partial charge in [0.2, 0.25) is 0 Å². The van der Waals surface area contributed by atoms with Crippen molar-refractivity contribution in [3.05, 3.63) is 22.2 Å². The molecule has 0 N–H and O–H groups in total. The maximum atomic E-state index is 5.93. The topological polar surface area (TPSA) is 29.0 Å². The predicted octanol–water partition coefficient (Wildman–Crippen LogP) is 1.81. The summed E-state index contributed by atoms with van der Waals surface area (Å²) in [6.45, 7) is 4.60. The first-order valence-electron chi connectivity index (χ1n) is 4.15. The standard InChI is InChI=1S/C9H14ClN3/c1-6-7(2)11-8(5-13(3)4)12-9(6)10/h5H2,1-4H3. The van der Waals surface area contributed by atoms with Gasteiger partial charge in [-0.15, -0.1) is 0 Å². The van der Waals surface area contributed by atoms with Gasteiger partial charge in [-0.25, -0.2) is 9.97 Å². The molecule has 1 aromatic rings. The summed E-state index contributed by atoms with van der Waals surface area (Å²) in [7, 11) is 3.96. The Bertz CT molecular complexity index is 287. The van der Waals surface area contributed by atoms with Gasteiger partial charge in [0.1, 0.15) is 11.0 Å². The third-order valence-corrected chi connectivity index (χ3v) is 2.20. The van der Waals surface area contributed by atoms with Gasteiger partial charge < -0.3 is 4.90 Å². The van der Waals surface area contributed by atoms with E-state index in [2.05, 4.69) is 9.97 Å². The fourth-order valence-corrected chi connectivity index (χ4v) is 1.24. The molecular formula is C9H14ClN3. The molecule has 1 rings (SSSR count). The molecule has 0 aliphatic carbocycles. The van der Waals surface area contributed by atoms with Crippen LogP contribution in [0.3, 0.4) is 0 Å². The van der Waals surface area contributed by atoms with Crippen molar-refractivity contribution in [1.82, 2.24) is 14.9 Å². The summed E-state index contributed by atoms with van der Waals surface area (Å²) >= 11 is 5.93. The Morgan fingerprint density at radius 2 is 1.85 bits per heavy atom. The van der Waals surface area contributed by atoms with Crippen LogP contribution in [-0.2, 0) is 6.54 Å². The number of aromatic nitrogens is 2. The molecule has 1 heterocycles. The summed E-state index contributed by atoms with van der Waals surface area (Å²) in [5.41, 5.74) is 1.92. The molecule has 0 saturated heterocycles. The maximum Gasteiger partial charge on any atom is 0.144 e. The smallest absolute Gasteiger partial charge is 0.144 e. The van der Waals surface area contributed by atoms with E-state index < -0.39 is 0 Å². The molecule has 72 valence electrons. The van der Waals surface area contributed by atoms with Crippen LogP contribution in [0.2, 0.25) is 5.15 Å². The zero-order chi connectivity index (χ0) is 10.0. The van der Waals surface area contributed by atoms with Crippen LogP contribution in [0.15, 0.2) is 0 Å². The third-order valence-electron chi connectivity index (χ3n) is 1.83. The zero-order valence-corrected chi connectivity index (χ0v) is 9.18. The van der Waals surface area contributed by atoms with Crippen LogP contribution < -0.4 is 0 Å². The monoisotopic (exact) mass is 199 g/mol. The van der Waals surface area contributed by atoms with E-state index in [1.54, 1.807) is 0 Å². The van der Waals surface area contributed by atoms with Crippen LogP contribution in [0.1, 0.15) is 17.1 Å². The Kier molecular flexibility index (Phi) is 3.22. The first-order valence-corrected chi connectivity index (χ1v) is 4.53. The molecule has 0 aliphatic rings. The van der Waals surface area contributed by atoms with E-state index >= 15 is 0 Å². The van der Waals surface area contributed by atoms with Gasteiger partial charge in [0.05, 0.1) is 6.54 Å². The van der Waals surface area contributed by atoms with Gasteiger partial charge in [0, 0.05) is 11.3 Å². The van der Waals surface area contributed by atoms with Crippen molar-refractivity contribution >= 4 is 11.6 Å². The Balaban J connectivity index is 2.99. The van der Waals surface area contributed by atoms with Crippen LogP contribution in [0.4, 0.5) is 0 Å². The van der Waals surface area contributed by atoms with Crippen LogP contribution in [0, 0.1) is 13.8 Å². The van der Waals surface area contributed by atoms with Gasteiger partial charge >= 0.3 is 0 Å². The molecular weight excluding hydrogens is 186 g/mol. The third kappa shape index (κ3) is 2.64. The predicted molar refractivity (Wildman–Crippen MR) is 53.9 cm³/mol. The lowest BCUT2D eigenvalue weighted by molar-refractivity contribution is 0.390. The highest BCUT2D eigenvalue weighted by molar-refractivity contribution is 6.30. The Hall–Kier alpha value is -0.670. The largest absolute Gasteiger partial charge is 0.302 e. The van der Waals surface area contributed by atoms with E-state index in [0.29, 0.717) is 5.15 Å². The van der Waals surface area contributed by atoms with Gasteiger partial charge in [-0.1, -0.05) is 11.6 Å². The lowest BCUT2D eigenvalue weighted by atomic mass is 10.3. The number of halogens is 1. The highest BCUT2D eigenvalue weighted by atomic mass is 35.5. The Morgan fingerprint density at radius 1 is 1.23 bits per heavy atom. The number of hydrogen-bond acceptors (Lipinski definition) is 3. The van der Waals surface area contributed by atoms with Crippen LogP contribution in [-0.4, -0.2) is 29.0 Å². The van der Waals surface area contributed by atoms with Gasteiger partial charge in [-0.05, 0) is 27.9 Å². The Morgan fingerprint density at radius 3 is 2.31 bits per heavy atom. The molecule has 0 atom stereocenters. The average Bonchev–Trinajstić information content (AvgIpc) is 1.98. The van der Waals surface area contributed by atoms with E-state index in [1.165, 1.54) is 0 Å².